The molecule has 6 aliphatic rings. The molecule has 6 rings (SSSR count). The standard InChI is InChI=1S/C18H25N3O/c1-18(2)11-4-3-9(14(18)7-11)8-19-17(22)16-13-6-10-5-12(10)15(13)20-21-16/h6,9,11-12,14-15,20-21H,3-5,7-8H2,1-2H3,(H,19,22)/t9-,11+,12?,14+,15?/m1/s1. The van der Waals surface area contributed by atoms with Crippen LogP contribution in [0.3, 0.4) is 0 Å². The lowest BCUT2D eigenvalue weighted by atomic mass is 9.45. The van der Waals surface area contributed by atoms with E-state index in [0.717, 1.165) is 24.1 Å². The molecule has 118 valence electrons. The third-order valence-electron chi connectivity index (χ3n) is 7.24. The van der Waals surface area contributed by atoms with Gasteiger partial charge >= 0.3 is 0 Å². The van der Waals surface area contributed by atoms with Crippen LogP contribution in [-0.4, -0.2) is 18.5 Å². The molecule has 4 saturated carbocycles. The average Bonchev–Trinajstić information content (AvgIpc) is 3.00. The molecule has 0 aromatic carbocycles. The first-order valence-electron chi connectivity index (χ1n) is 8.80. The zero-order valence-corrected chi connectivity index (χ0v) is 13.4. The number of carbonyl (C=O) groups excluding carboxylic acids is 1. The van der Waals surface area contributed by atoms with Gasteiger partial charge < -0.3 is 10.7 Å². The van der Waals surface area contributed by atoms with Gasteiger partial charge in [0.25, 0.3) is 5.91 Å². The summed E-state index contributed by atoms with van der Waals surface area (Å²) in [6.07, 6.45) is 7.42. The molecule has 3 N–H and O–H groups in total. The summed E-state index contributed by atoms with van der Waals surface area (Å²) in [5.74, 6) is 3.11. The summed E-state index contributed by atoms with van der Waals surface area (Å²) in [5, 5.41) is 3.20. The molecule has 22 heavy (non-hydrogen) atoms. The molecule has 5 atom stereocenters. The Kier molecular flexibility index (Phi) is 2.49. The highest BCUT2D eigenvalue weighted by atomic mass is 16.2. The van der Waals surface area contributed by atoms with Gasteiger partial charge in [0.05, 0.1) is 6.04 Å². The molecule has 5 aliphatic carbocycles. The topological polar surface area (TPSA) is 53.2 Å². The minimum absolute atomic E-state index is 0.0717. The molecule has 4 heteroatoms. The van der Waals surface area contributed by atoms with Gasteiger partial charge in [0.15, 0.2) is 0 Å². The van der Waals surface area contributed by atoms with E-state index in [1.807, 2.05) is 0 Å². The Balaban J connectivity index is 1.25. The van der Waals surface area contributed by atoms with Crippen molar-refractivity contribution in [1.82, 2.24) is 16.2 Å². The zero-order valence-electron chi connectivity index (χ0n) is 13.4. The molecular weight excluding hydrogens is 274 g/mol. The molecule has 0 saturated heterocycles. The van der Waals surface area contributed by atoms with Crippen molar-refractivity contribution in [2.75, 3.05) is 6.54 Å². The first kappa shape index (κ1) is 13.2. The van der Waals surface area contributed by atoms with E-state index in [0.29, 0.717) is 23.3 Å². The third kappa shape index (κ3) is 1.65. The molecule has 2 bridgehead atoms. The van der Waals surface area contributed by atoms with Gasteiger partial charge in [0.1, 0.15) is 5.70 Å². The van der Waals surface area contributed by atoms with Crippen LogP contribution in [0.2, 0.25) is 0 Å². The van der Waals surface area contributed by atoms with E-state index in [-0.39, 0.29) is 5.91 Å². The third-order valence-corrected chi connectivity index (χ3v) is 7.24. The summed E-state index contributed by atoms with van der Waals surface area (Å²) in [7, 11) is 0. The van der Waals surface area contributed by atoms with Gasteiger partial charge in [-0.15, -0.1) is 0 Å². The number of fused-ring (bicyclic) bond motifs is 5. The van der Waals surface area contributed by atoms with E-state index in [4.69, 9.17) is 0 Å². The van der Waals surface area contributed by atoms with Crippen molar-refractivity contribution in [2.45, 2.75) is 45.6 Å². The van der Waals surface area contributed by atoms with Crippen molar-refractivity contribution in [3.8, 4) is 0 Å². The van der Waals surface area contributed by atoms with Crippen LogP contribution >= 0.6 is 0 Å². The molecule has 0 aromatic rings. The zero-order chi connectivity index (χ0) is 15.1. The van der Waals surface area contributed by atoms with Crippen molar-refractivity contribution < 1.29 is 4.79 Å². The first-order chi connectivity index (χ1) is 10.6. The molecule has 4 nitrogen and oxygen atoms in total. The monoisotopic (exact) mass is 299 g/mol. The van der Waals surface area contributed by atoms with Crippen LogP contribution in [-0.2, 0) is 4.79 Å². The predicted molar refractivity (Wildman–Crippen MR) is 84.4 cm³/mol. The highest BCUT2D eigenvalue weighted by Crippen LogP contribution is 2.61. The van der Waals surface area contributed by atoms with E-state index in [1.165, 1.54) is 36.8 Å². The second kappa shape index (κ2) is 4.16. The molecular formula is C18H25N3O. The Morgan fingerprint density at radius 3 is 3.05 bits per heavy atom. The Hall–Kier alpha value is -1.29. The molecule has 4 fully saturated rings. The molecule has 0 aromatic heterocycles. The number of hydrogen-bond donors (Lipinski definition) is 3. The van der Waals surface area contributed by atoms with Gasteiger partial charge in [-0.25, -0.2) is 5.43 Å². The van der Waals surface area contributed by atoms with Crippen molar-refractivity contribution in [1.29, 1.82) is 0 Å². The lowest BCUT2D eigenvalue weighted by Gasteiger charge is -2.60. The van der Waals surface area contributed by atoms with Gasteiger partial charge in [-0.2, -0.15) is 0 Å². The van der Waals surface area contributed by atoms with Crippen LogP contribution < -0.4 is 16.2 Å². The fraction of sp³-hybridized carbons (Fsp3) is 0.722. The summed E-state index contributed by atoms with van der Waals surface area (Å²) in [5.41, 5.74) is 10.3. The van der Waals surface area contributed by atoms with Gasteiger partial charge in [0.2, 0.25) is 0 Å². The molecule has 1 aliphatic heterocycles. The second-order valence-corrected chi connectivity index (χ2v) is 8.52. The highest BCUT2D eigenvalue weighted by molar-refractivity contribution is 5.95. The van der Waals surface area contributed by atoms with Crippen LogP contribution in [0.5, 0.6) is 0 Å². The number of rotatable bonds is 3. The van der Waals surface area contributed by atoms with Crippen molar-refractivity contribution in [3.05, 3.63) is 22.9 Å². The molecule has 0 radical (unpaired) electrons. The maximum Gasteiger partial charge on any atom is 0.269 e. The molecule has 1 amide bonds. The Morgan fingerprint density at radius 2 is 2.27 bits per heavy atom. The van der Waals surface area contributed by atoms with Crippen LogP contribution in [0.25, 0.3) is 0 Å². The van der Waals surface area contributed by atoms with E-state index < -0.39 is 0 Å². The van der Waals surface area contributed by atoms with Crippen LogP contribution in [0, 0.1) is 29.1 Å². The minimum atomic E-state index is 0.0717. The van der Waals surface area contributed by atoms with E-state index in [2.05, 4.69) is 36.1 Å². The maximum atomic E-state index is 12.5. The highest BCUT2D eigenvalue weighted by Gasteiger charge is 2.54. The molecule has 2 unspecified atom stereocenters. The normalized spacial score (nSPS) is 42.8. The minimum Gasteiger partial charge on any atom is -0.350 e. The Morgan fingerprint density at radius 1 is 1.41 bits per heavy atom. The SMILES string of the molecule is CC1(C)[C@H]2CC[C@H](CNC(=O)C3=C4C=C5CC5C4NN3)[C@@H]1C2. The predicted octanol–water partition coefficient (Wildman–Crippen LogP) is 1.87. The number of amides is 1. The van der Waals surface area contributed by atoms with E-state index in [9.17, 15) is 4.79 Å². The quantitative estimate of drug-likeness (QED) is 0.746. The van der Waals surface area contributed by atoms with Crippen LogP contribution in [0.1, 0.15) is 39.5 Å². The smallest absolute Gasteiger partial charge is 0.269 e. The Bertz CT molecular complexity index is 616. The lowest BCUT2D eigenvalue weighted by molar-refractivity contribution is -0.122. The lowest BCUT2D eigenvalue weighted by Crippen LogP contribution is -2.54. The van der Waals surface area contributed by atoms with Gasteiger partial charge in [-0.3, -0.25) is 4.79 Å². The van der Waals surface area contributed by atoms with Crippen molar-refractivity contribution >= 4 is 5.91 Å². The fourth-order valence-corrected chi connectivity index (χ4v) is 5.53. The van der Waals surface area contributed by atoms with E-state index in [1.54, 1.807) is 0 Å². The summed E-state index contributed by atoms with van der Waals surface area (Å²) < 4.78 is 0. The van der Waals surface area contributed by atoms with Gasteiger partial charge in [0, 0.05) is 18.0 Å². The number of hydrazine groups is 1. The fourth-order valence-electron chi connectivity index (χ4n) is 5.53. The van der Waals surface area contributed by atoms with Crippen LogP contribution in [0.15, 0.2) is 22.9 Å². The van der Waals surface area contributed by atoms with Gasteiger partial charge in [-0.05, 0) is 48.9 Å². The maximum absolute atomic E-state index is 12.5. The summed E-state index contributed by atoms with van der Waals surface area (Å²) in [6.45, 7) is 5.66. The number of hydrogen-bond acceptors (Lipinski definition) is 3. The number of nitrogens with one attached hydrogen (secondary N) is 3. The summed E-state index contributed by atoms with van der Waals surface area (Å²) in [4.78, 5) is 12.5. The Labute approximate surface area is 131 Å². The average molecular weight is 299 g/mol. The summed E-state index contributed by atoms with van der Waals surface area (Å²) >= 11 is 0. The second-order valence-electron chi connectivity index (χ2n) is 8.52. The molecule has 0 spiro atoms. The first-order valence-corrected chi connectivity index (χ1v) is 8.80. The van der Waals surface area contributed by atoms with Gasteiger partial charge in [-0.1, -0.05) is 25.5 Å². The van der Waals surface area contributed by atoms with Crippen LogP contribution in [0.4, 0.5) is 0 Å². The molecule has 1 heterocycles. The summed E-state index contributed by atoms with van der Waals surface area (Å²) in [6, 6.07) is 0.344. The van der Waals surface area contributed by atoms with E-state index >= 15 is 0 Å². The largest absolute Gasteiger partial charge is 0.350 e. The van der Waals surface area contributed by atoms with Crippen molar-refractivity contribution in [2.24, 2.45) is 29.1 Å². The number of carbonyl (C=O) groups is 1. The van der Waals surface area contributed by atoms with Crippen molar-refractivity contribution in [3.63, 3.8) is 0 Å².